The number of para-hydroxylation sites is 2. The number of nitrogens with zero attached hydrogens (tertiary/aromatic N) is 1. The number of amides is 1. The van der Waals surface area contributed by atoms with Gasteiger partial charge in [-0.1, -0.05) is 18.2 Å². The lowest BCUT2D eigenvalue weighted by Crippen LogP contribution is -2.42. The Labute approximate surface area is 190 Å². The molecule has 174 valence electrons. The maximum atomic E-state index is 12.6. The first-order valence-electron chi connectivity index (χ1n) is 11.0. The molecule has 3 rings (SSSR count). The predicted molar refractivity (Wildman–Crippen MR) is 124 cm³/mol. The van der Waals surface area contributed by atoms with Crippen molar-refractivity contribution in [3.63, 3.8) is 0 Å². The summed E-state index contributed by atoms with van der Waals surface area (Å²) < 4.78 is 39.2. The van der Waals surface area contributed by atoms with Crippen molar-refractivity contribution in [2.24, 2.45) is 0 Å². The minimum absolute atomic E-state index is 0.0175. The highest BCUT2D eigenvalue weighted by Crippen LogP contribution is 2.29. The van der Waals surface area contributed by atoms with E-state index in [2.05, 4.69) is 4.72 Å². The van der Waals surface area contributed by atoms with Crippen LogP contribution in [0.4, 0.5) is 0 Å². The topological polar surface area (TPSA) is 84.9 Å². The van der Waals surface area contributed by atoms with Gasteiger partial charge in [0.25, 0.3) is 0 Å². The number of sulfonamides is 1. The molecule has 0 bridgehead atoms. The highest BCUT2D eigenvalue weighted by Gasteiger charge is 2.25. The van der Waals surface area contributed by atoms with Crippen molar-refractivity contribution in [2.75, 3.05) is 26.2 Å². The predicted octanol–water partition coefficient (Wildman–Crippen LogP) is 3.44. The Kier molecular flexibility index (Phi) is 8.15. The standard InChI is InChI=1S/C24H32N2O5S/c1-4-30-22-7-5-6-8-23(22)31-20-12-15-26(16-13-20)24(27)11-14-25-32(28,29)21-10-9-18(2)19(3)17-21/h5-10,17,20,25H,4,11-16H2,1-3H3. The molecule has 2 aromatic carbocycles. The van der Waals surface area contributed by atoms with E-state index in [1.807, 2.05) is 45.0 Å². The van der Waals surface area contributed by atoms with Crippen LogP contribution in [0.3, 0.4) is 0 Å². The van der Waals surface area contributed by atoms with Crippen LogP contribution < -0.4 is 14.2 Å². The van der Waals surface area contributed by atoms with Crippen molar-refractivity contribution in [2.45, 2.75) is 51.0 Å². The lowest BCUT2D eigenvalue weighted by molar-refractivity contribution is -0.132. The van der Waals surface area contributed by atoms with Gasteiger partial charge in [0.2, 0.25) is 15.9 Å². The molecule has 1 saturated heterocycles. The fourth-order valence-corrected chi connectivity index (χ4v) is 4.76. The van der Waals surface area contributed by atoms with Crippen LogP contribution in [0.2, 0.25) is 0 Å². The van der Waals surface area contributed by atoms with E-state index in [1.165, 1.54) is 0 Å². The minimum atomic E-state index is -3.63. The van der Waals surface area contributed by atoms with Crippen LogP contribution in [0.25, 0.3) is 0 Å². The average Bonchev–Trinajstić information content (AvgIpc) is 2.77. The molecular weight excluding hydrogens is 428 g/mol. The van der Waals surface area contributed by atoms with Crippen LogP contribution >= 0.6 is 0 Å². The second kappa shape index (κ2) is 10.8. The highest BCUT2D eigenvalue weighted by atomic mass is 32.2. The van der Waals surface area contributed by atoms with Crippen LogP contribution in [-0.4, -0.2) is 51.6 Å². The molecule has 2 aromatic rings. The van der Waals surface area contributed by atoms with E-state index in [1.54, 1.807) is 23.1 Å². The van der Waals surface area contributed by atoms with Crippen molar-refractivity contribution in [1.29, 1.82) is 0 Å². The van der Waals surface area contributed by atoms with Crippen LogP contribution in [0.15, 0.2) is 47.4 Å². The third-order valence-corrected chi connectivity index (χ3v) is 7.12. The Morgan fingerprint density at radius 1 is 1.06 bits per heavy atom. The number of carbonyl (C=O) groups excluding carboxylic acids is 1. The summed E-state index contributed by atoms with van der Waals surface area (Å²) in [5.74, 6) is 1.39. The zero-order valence-electron chi connectivity index (χ0n) is 19.0. The van der Waals surface area contributed by atoms with Crippen molar-refractivity contribution >= 4 is 15.9 Å². The quantitative estimate of drug-likeness (QED) is 0.620. The second-order valence-corrected chi connectivity index (χ2v) is 9.74. The summed E-state index contributed by atoms with van der Waals surface area (Å²) in [6, 6.07) is 12.6. The maximum absolute atomic E-state index is 12.6. The largest absolute Gasteiger partial charge is 0.490 e. The molecule has 1 fully saturated rings. The second-order valence-electron chi connectivity index (χ2n) is 7.97. The molecule has 0 aromatic heterocycles. The van der Waals surface area contributed by atoms with E-state index in [0.29, 0.717) is 19.7 Å². The molecule has 32 heavy (non-hydrogen) atoms. The zero-order chi connectivity index (χ0) is 23.1. The van der Waals surface area contributed by atoms with Crippen molar-refractivity contribution in [3.8, 4) is 11.5 Å². The van der Waals surface area contributed by atoms with E-state index in [0.717, 1.165) is 35.5 Å². The summed E-state index contributed by atoms with van der Waals surface area (Å²) in [4.78, 5) is 14.6. The number of ether oxygens (including phenoxy) is 2. The normalized spacial score (nSPS) is 14.9. The lowest BCUT2D eigenvalue weighted by Gasteiger charge is -2.32. The Balaban J connectivity index is 1.45. The van der Waals surface area contributed by atoms with E-state index < -0.39 is 10.0 Å². The summed E-state index contributed by atoms with van der Waals surface area (Å²) in [5.41, 5.74) is 1.95. The number of hydrogen-bond acceptors (Lipinski definition) is 5. The molecule has 0 spiro atoms. The van der Waals surface area contributed by atoms with Gasteiger partial charge in [-0.2, -0.15) is 0 Å². The minimum Gasteiger partial charge on any atom is -0.490 e. The van der Waals surface area contributed by atoms with Crippen LogP contribution in [0.5, 0.6) is 11.5 Å². The summed E-state index contributed by atoms with van der Waals surface area (Å²) in [7, 11) is -3.63. The number of hydrogen-bond donors (Lipinski definition) is 1. The molecule has 1 aliphatic rings. The van der Waals surface area contributed by atoms with Crippen molar-refractivity contribution < 1.29 is 22.7 Å². The molecule has 0 aliphatic carbocycles. The molecule has 0 unspecified atom stereocenters. The summed E-state index contributed by atoms with van der Waals surface area (Å²) in [6.07, 6.45) is 1.59. The van der Waals surface area contributed by atoms with E-state index in [-0.39, 0.29) is 29.9 Å². The van der Waals surface area contributed by atoms with Gasteiger partial charge in [-0.3, -0.25) is 4.79 Å². The van der Waals surface area contributed by atoms with E-state index in [9.17, 15) is 13.2 Å². The van der Waals surface area contributed by atoms with Gasteiger partial charge in [0.15, 0.2) is 11.5 Å². The molecule has 7 nitrogen and oxygen atoms in total. The Hall–Kier alpha value is -2.58. The molecule has 0 saturated carbocycles. The van der Waals surface area contributed by atoms with Crippen molar-refractivity contribution in [3.05, 3.63) is 53.6 Å². The molecule has 1 heterocycles. The monoisotopic (exact) mass is 460 g/mol. The van der Waals surface area contributed by atoms with E-state index >= 15 is 0 Å². The SMILES string of the molecule is CCOc1ccccc1OC1CCN(C(=O)CCNS(=O)(=O)c2ccc(C)c(C)c2)CC1. The number of piperidine rings is 1. The number of benzene rings is 2. The van der Waals surface area contributed by atoms with Gasteiger partial charge in [0.1, 0.15) is 6.10 Å². The van der Waals surface area contributed by atoms with Crippen LogP contribution in [0.1, 0.15) is 37.3 Å². The highest BCUT2D eigenvalue weighted by molar-refractivity contribution is 7.89. The molecule has 8 heteroatoms. The third kappa shape index (κ3) is 6.23. The Morgan fingerprint density at radius 2 is 1.75 bits per heavy atom. The summed E-state index contributed by atoms with van der Waals surface area (Å²) >= 11 is 0. The smallest absolute Gasteiger partial charge is 0.240 e. The number of nitrogens with one attached hydrogen (secondary N) is 1. The van der Waals surface area contributed by atoms with Gasteiger partial charge in [-0.25, -0.2) is 13.1 Å². The maximum Gasteiger partial charge on any atom is 0.240 e. The summed E-state index contributed by atoms with van der Waals surface area (Å²) in [5, 5.41) is 0. The number of aryl methyl sites for hydroxylation is 2. The Bertz CT molecular complexity index is 1030. The summed E-state index contributed by atoms with van der Waals surface area (Å²) in [6.45, 7) is 7.56. The van der Waals surface area contributed by atoms with Gasteiger partial charge in [-0.15, -0.1) is 0 Å². The number of carbonyl (C=O) groups is 1. The van der Waals surface area contributed by atoms with Gasteiger partial charge >= 0.3 is 0 Å². The Morgan fingerprint density at radius 3 is 2.41 bits per heavy atom. The number of likely N-dealkylation sites (tertiary alicyclic amines) is 1. The molecular formula is C24H32N2O5S. The molecule has 1 amide bonds. The van der Waals surface area contributed by atoms with Gasteiger partial charge < -0.3 is 14.4 Å². The molecule has 1 N–H and O–H groups in total. The van der Waals surface area contributed by atoms with E-state index in [4.69, 9.17) is 9.47 Å². The van der Waals surface area contributed by atoms with Gasteiger partial charge in [0.05, 0.1) is 11.5 Å². The first-order chi connectivity index (χ1) is 15.3. The first kappa shape index (κ1) is 24.1. The molecule has 0 atom stereocenters. The van der Waals surface area contributed by atoms with Crippen molar-refractivity contribution in [1.82, 2.24) is 9.62 Å². The van der Waals surface area contributed by atoms with Gasteiger partial charge in [0, 0.05) is 38.9 Å². The van der Waals surface area contributed by atoms with Crippen LogP contribution in [-0.2, 0) is 14.8 Å². The molecule has 0 radical (unpaired) electrons. The fraction of sp³-hybridized carbons (Fsp3) is 0.458. The van der Waals surface area contributed by atoms with Crippen LogP contribution in [0, 0.1) is 13.8 Å². The third-order valence-electron chi connectivity index (χ3n) is 5.66. The fourth-order valence-electron chi connectivity index (χ4n) is 3.64. The zero-order valence-corrected chi connectivity index (χ0v) is 19.8. The average molecular weight is 461 g/mol. The number of rotatable bonds is 9. The van der Waals surface area contributed by atoms with Gasteiger partial charge in [-0.05, 0) is 56.2 Å². The molecule has 1 aliphatic heterocycles. The first-order valence-corrected chi connectivity index (χ1v) is 12.5. The lowest BCUT2D eigenvalue weighted by atomic mass is 10.1.